The molecule has 2 aromatic carbocycles. The van der Waals surface area contributed by atoms with Crippen molar-refractivity contribution in [2.24, 2.45) is 0 Å². The van der Waals surface area contributed by atoms with Gasteiger partial charge in [0.2, 0.25) is 5.91 Å². The van der Waals surface area contributed by atoms with Crippen molar-refractivity contribution in [3.63, 3.8) is 0 Å². The number of hydrogen-bond acceptors (Lipinski definition) is 4. The summed E-state index contributed by atoms with van der Waals surface area (Å²) in [5, 5.41) is 2.69. The molecule has 2 N–H and O–H groups in total. The van der Waals surface area contributed by atoms with E-state index in [0.29, 0.717) is 11.4 Å². The highest BCUT2D eigenvalue weighted by Gasteiger charge is 2.07. The van der Waals surface area contributed by atoms with Crippen molar-refractivity contribution in [1.29, 1.82) is 0 Å². The first-order valence-electron chi connectivity index (χ1n) is 7.62. The average molecular weight is 353 g/mol. The zero-order chi connectivity index (χ0) is 17.6. The van der Waals surface area contributed by atoms with Gasteiger partial charge in [-0.3, -0.25) is 9.78 Å². The molecule has 0 bridgehead atoms. The molecule has 25 heavy (non-hydrogen) atoms. The second-order valence-corrected chi connectivity index (χ2v) is 6.23. The molecule has 0 aliphatic heterocycles. The van der Waals surface area contributed by atoms with Crippen LogP contribution in [0.25, 0.3) is 11.1 Å². The van der Waals surface area contributed by atoms with Gasteiger partial charge in [-0.25, -0.2) is 4.39 Å². The van der Waals surface area contributed by atoms with Gasteiger partial charge in [-0.05, 0) is 47.8 Å². The number of rotatable bonds is 5. The quantitative estimate of drug-likeness (QED) is 0.636. The second-order valence-electron chi connectivity index (χ2n) is 5.36. The molecule has 126 valence electrons. The molecule has 6 heteroatoms. The third-order valence-corrected chi connectivity index (χ3v) is 4.21. The number of nitrogens with one attached hydrogen (secondary N) is 2. The number of amides is 1. The summed E-state index contributed by atoms with van der Waals surface area (Å²) >= 11 is 1.34. The third-order valence-electron chi connectivity index (χ3n) is 3.38. The summed E-state index contributed by atoms with van der Waals surface area (Å²) < 4.78 is 17.1. The maximum Gasteiger partial charge on any atom is 0.221 e. The number of aromatic nitrogens is 1. The largest absolute Gasteiger partial charge is 0.325 e. The summed E-state index contributed by atoms with van der Waals surface area (Å²) in [6.07, 6.45) is 3.24. The Morgan fingerprint density at radius 3 is 2.60 bits per heavy atom. The van der Waals surface area contributed by atoms with Crippen molar-refractivity contribution >= 4 is 29.2 Å². The standard InChI is InChI=1S/C19H16FN3OS/c1-13(24)22-16-9-15(11-21-12-16)14-7-8-18(20)19(10-14)23-25-17-5-3-2-4-6-17/h2-12,23H,1H3,(H,22,24). The maximum absolute atomic E-state index is 14.1. The van der Waals surface area contributed by atoms with Gasteiger partial charge in [0.1, 0.15) is 5.82 Å². The van der Waals surface area contributed by atoms with E-state index in [1.54, 1.807) is 30.6 Å². The Balaban J connectivity index is 1.82. The molecule has 0 saturated heterocycles. The lowest BCUT2D eigenvalue weighted by Gasteiger charge is -2.10. The Kier molecular flexibility index (Phi) is 5.30. The van der Waals surface area contributed by atoms with Gasteiger partial charge in [-0.2, -0.15) is 0 Å². The number of benzene rings is 2. The number of pyridine rings is 1. The Labute approximate surface area is 149 Å². The zero-order valence-electron chi connectivity index (χ0n) is 13.5. The fraction of sp³-hybridized carbons (Fsp3) is 0.0526. The number of anilines is 2. The highest BCUT2D eigenvalue weighted by molar-refractivity contribution is 8.00. The van der Waals surface area contributed by atoms with Gasteiger partial charge in [0.05, 0.1) is 17.6 Å². The van der Waals surface area contributed by atoms with Crippen LogP contribution in [0.4, 0.5) is 15.8 Å². The van der Waals surface area contributed by atoms with Crippen LogP contribution in [0, 0.1) is 5.82 Å². The van der Waals surface area contributed by atoms with E-state index in [0.717, 1.165) is 16.0 Å². The lowest BCUT2D eigenvalue weighted by atomic mass is 10.1. The Hall–Kier alpha value is -2.86. The first-order valence-corrected chi connectivity index (χ1v) is 8.44. The van der Waals surface area contributed by atoms with Crippen LogP contribution in [0.15, 0.2) is 71.9 Å². The van der Waals surface area contributed by atoms with E-state index in [-0.39, 0.29) is 11.7 Å². The number of carbonyl (C=O) groups is 1. The maximum atomic E-state index is 14.1. The van der Waals surface area contributed by atoms with Crippen molar-refractivity contribution in [3.05, 3.63) is 72.8 Å². The Bertz CT molecular complexity index is 887. The monoisotopic (exact) mass is 353 g/mol. The van der Waals surface area contributed by atoms with Crippen LogP contribution >= 0.6 is 11.9 Å². The molecule has 0 spiro atoms. The molecular weight excluding hydrogens is 337 g/mol. The molecular formula is C19H16FN3OS. The molecule has 0 radical (unpaired) electrons. The van der Waals surface area contributed by atoms with Crippen LogP contribution < -0.4 is 10.0 Å². The molecule has 1 amide bonds. The van der Waals surface area contributed by atoms with E-state index in [9.17, 15) is 9.18 Å². The minimum Gasteiger partial charge on any atom is -0.325 e. The van der Waals surface area contributed by atoms with Gasteiger partial charge in [-0.15, -0.1) is 0 Å². The summed E-state index contributed by atoms with van der Waals surface area (Å²) in [5.41, 5.74) is 2.58. The summed E-state index contributed by atoms with van der Waals surface area (Å²) in [4.78, 5) is 16.3. The third kappa shape index (κ3) is 4.58. The molecule has 4 nitrogen and oxygen atoms in total. The molecule has 0 aliphatic carbocycles. The van der Waals surface area contributed by atoms with Gasteiger partial charge in [0, 0.05) is 23.6 Å². The molecule has 3 rings (SSSR count). The minimum atomic E-state index is -0.335. The van der Waals surface area contributed by atoms with Crippen LogP contribution in [-0.2, 0) is 4.79 Å². The van der Waals surface area contributed by atoms with Crippen molar-refractivity contribution in [3.8, 4) is 11.1 Å². The van der Waals surface area contributed by atoms with Crippen LogP contribution in [0.5, 0.6) is 0 Å². The Morgan fingerprint density at radius 1 is 1.04 bits per heavy atom. The molecule has 1 aromatic heterocycles. The number of halogens is 1. The predicted octanol–water partition coefficient (Wildman–Crippen LogP) is 4.97. The van der Waals surface area contributed by atoms with Crippen LogP contribution in [0.2, 0.25) is 0 Å². The van der Waals surface area contributed by atoms with Gasteiger partial charge >= 0.3 is 0 Å². The van der Waals surface area contributed by atoms with Crippen LogP contribution in [-0.4, -0.2) is 10.9 Å². The second kappa shape index (κ2) is 7.81. The lowest BCUT2D eigenvalue weighted by molar-refractivity contribution is -0.114. The van der Waals surface area contributed by atoms with E-state index >= 15 is 0 Å². The van der Waals surface area contributed by atoms with E-state index < -0.39 is 0 Å². The van der Waals surface area contributed by atoms with Crippen molar-refractivity contribution in [2.75, 3.05) is 10.0 Å². The smallest absolute Gasteiger partial charge is 0.221 e. The summed E-state index contributed by atoms with van der Waals surface area (Å²) in [6, 6.07) is 16.3. The lowest BCUT2D eigenvalue weighted by Crippen LogP contribution is -2.05. The van der Waals surface area contributed by atoms with Gasteiger partial charge in [0.25, 0.3) is 0 Å². The SMILES string of the molecule is CC(=O)Nc1cncc(-c2ccc(F)c(NSc3ccccc3)c2)c1. The molecule has 0 saturated carbocycles. The van der Waals surface area contributed by atoms with Gasteiger partial charge < -0.3 is 10.0 Å². The normalized spacial score (nSPS) is 10.3. The fourth-order valence-electron chi connectivity index (χ4n) is 2.25. The number of nitrogens with zero attached hydrogens (tertiary/aromatic N) is 1. The van der Waals surface area contributed by atoms with E-state index in [1.165, 1.54) is 24.9 Å². The van der Waals surface area contributed by atoms with Crippen molar-refractivity contribution in [1.82, 2.24) is 4.98 Å². The molecule has 0 aliphatic rings. The van der Waals surface area contributed by atoms with Gasteiger partial charge in [-0.1, -0.05) is 24.3 Å². The highest BCUT2D eigenvalue weighted by atomic mass is 32.2. The highest BCUT2D eigenvalue weighted by Crippen LogP contribution is 2.29. The molecule has 0 atom stereocenters. The topological polar surface area (TPSA) is 54.0 Å². The van der Waals surface area contributed by atoms with Crippen LogP contribution in [0.1, 0.15) is 6.92 Å². The van der Waals surface area contributed by atoms with Crippen molar-refractivity contribution < 1.29 is 9.18 Å². The predicted molar refractivity (Wildman–Crippen MR) is 99.9 cm³/mol. The molecule has 1 heterocycles. The summed E-state index contributed by atoms with van der Waals surface area (Å²) in [5.74, 6) is -0.502. The molecule has 0 unspecified atom stereocenters. The van der Waals surface area contributed by atoms with E-state index in [4.69, 9.17) is 0 Å². The first kappa shape index (κ1) is 17.0. The van der Waals surface area contributed by atoms with E-state index in [2.05, 4.69) is 15.0 Å². The molecule has 0 fully saturated rings. The summed E-state index contributed by atoms with van der Waals surface area (Å²) in [6.45, 7) is 1.44. The molecule has 3 aromatic rings. The first-order chi connectivity index (χ1) is 12.1. The Morgan fingerprint density at radius 2 is 1.84 bits per heavy atom. The number of carbonyl (C=O) groups excluding carboxylic acids is 1. The fourth-order valence-corrected chi connectivity index (χ4v) is 2.93. The van der Waals surface area contributed by atoms with E-state index in [1.807, 2.05) is 30.3 Å². The van der Waals surface area contributed by atoms with Crippen molar-refractivity contribution in [2.45, 2.75) is 11.8 Å². The summed E-state index contributed by atoms with van der Waals surface area (Å²) in [7, 11) is 0. The zero-order valence-corrected chi connectivity index (χ0v) is 14.3. The van der Waals surface area contributed by atoms with Crippen LogP contribution in [0.3, 0.4) is 0 Å². The average Bonchev–Trinajstić information content (AvgIpc) is 2.61. The minimum absolute atomic E-state index is 0.167. The van der Waals surface area contributed by atoms with Gasteiger partial charge in [0.15, 0.2) is 0 Å². The number of hydrogen-bond donors (Lipinski definition) is 2.